The highest BCUT2D eigenvalue weighted by molar-refractivity contribution is 6.31. The van der Waals surface area contributed by atoms with Crippen LogP contribution >= 0.6 is 11.6 Å². The summed E-state index contributed by atoms with van der Waals surface area (Å²) < 4.78 is 13.8. The third-order valence-electron chi connectivity index (χ3n) is 6.46. The van der Waals surface area contributed by atoms with Crippen molar-refractivity contribution in [1.82, 2.24) is 9.80 Å². The molecule has 2 saturated heterocycles. The smallest absolute Gasteiger partial charge is 0.254 e. The Balaban J connectivity index is 1.26. The molecule has 1 N–H and O–H groups in total. The van der Waals surface area contributed by atoms with Gasteiger partial charge in [-0.1, -0.05) is 23.7 Å². The average molecular weight is 444 g/mol. The van der Waals surface area contributed by atoms with Crippen molar-refractivity contribution in [1.29, 1.82) is 0 Å². The molecule has 0 bridgehead atoms. The highest BCUT2D eigenvalue weighted by Crippen LogP contribution is 2.32. The topological polar surface area (TPSA) is 52.7 Å². The molecule has 0 spiro atoms. The van der Waals surface area contributed by atoms with Gasteiger partial charge in [0.05, 0.1) is 0 Å². The van der Waals surface area contributed by atoms with Crippen molar-refractivity contribution in [2.24, 2.45) is 11.8 Å². The Morgan fingerprint density at radius 3 is 2.48 bits per heavy atom. The molecule has 2 aliphatic heterocycles. The van der Waals surface area contributed by atoms with E-state index in [1.165, 1.54) is 6.07 Å². The van der Waals surface area contributed by atoms with Gasteiger partial charge in [0, 0.05) is 55.4 Å². The zero-order valence-electron chi connectivity index (χ0n) is 17.8. The van der Waals surface area contributed by atoms with Crippen LogP contribution in [0.2, 0.25) is 5.02 Å². The van der Waals surface area contributed by atoms with E-state index < -0.39 is 0 Å². The maximum absolute atomic E-state index is 13.8. The van der Waals surface area contributed by atoms with Crippen molar-refractivity contribution < 1.29 is 14.0 Å². The minimum atomic E-state index is -0.345. The minimum absolute atomic E-state index is 0.0321. The van der Waals surface area contributed by atoms with Crippen molar-refractivity contribution in [2.45, 2.75) is 20.3 Å². The van der Waals surface area contributed by atoms with Crippen molar-refractivity contribution in [3.63, 3.8) is 0 Å². The summed E-state index contributed by atoms with van der Waals surface area (Å²) in [7, 11) is 0. The third kappa shape index (κ3) is 4.75. The molecule has 5 nitrogen and oxygen atoms in total. The molecule has 7 heteroatoms. The molecule has 31 heavy (non-hydrogen) atoms. The van der Waals surface area contributed by atoms with E-state index in [0.717, 1.165) is 18.7 Å². The number of benzene rings is 2. The number of nitrogens with one attached hydrogen (secondary N) is 1. The molecule has 0 radical (unpaired) electrons. The Kier molecular flexibility index (Phi) is 6.30. The van der Waals surface area contributed by atoms with Gasteiger partial charge in [0.1, 0.15) is 5.82 Å². The number of anilines is 1. The molecule has 2 amide bonds. The number of hydrogen-bond donors (Lipinski definition) is 1. The molecule has 2 fully saturated rings. The predicted octanol–water partition coefficient (Wildman–Crippen LogP) is 4.13. The first-order valence-electron chi connectivity index (χ1n) is 10.6. The van der Waals surface area contributed by atoms with Crippen LogP contribution in [0.5, 0.6) is 0 Å². The summed E-state index contributed by atoms with van der Waals surface area (Å²) in [5.74, 6) is 0.334. The van der Waals surface area contributed by atoms with Crippen molar-refractivity contribution >= 4 is 29.1 Å². The van der Waals surface area contributed by atoms with Crippen LogP contribution in [0.4, 0.5) is 10.1 Å². The SMILES string of the molecule is Cc1ccc(NC(=O)CCN2CC3CN(C(=O)c4cccc(F)c4C)CC3C2)cc1Cl. The van der Waals surface area contributed by atoms with Gasteiger partial charge in [0.2, 0.25) is 5.91 Å². The van der Waals surface area contributed by atoms with Gasteiger partial charge in [-0.3, -0.25) is 9.59 Å². The van der Waals surface area contributed by atoms with E-state index in [1.54, 1.807) is 25.1 Å². The molecular formula is C24H27ClFN3O2. The summed E-state index contributed by atoms with van der Waals surface area (Å²) in [6.45, 7) is 7.38. The zero-order valence-corrected chi connectivity index (χ0v) is 18.6. The van der Waals surface area contributed by atoms with Gasteiger partial charge >= 0.3 is 0 Å². The quantitative estimate of drug-likeness (QED) is 0.756. The monoisotopic (exact) mass is 443 g/mol. The van der Waals surface area contributed by atoms with E-state index in [-0.39, 0.29) is 17.6 Å². The van der Waals surface area contributed by atoms with Crippen LogP contribution < -0.4 is 5.32 Å². The number of amides is 2. The molecule has 2 aromatic carbocycles. The number of aryl methyl sites for hydroxylation is 1. The molecule has 2 aromatic rings. The van der Waals surface area contributed by atoms with E-state index >= 15 is 0 Å². The molecule has 2 atom stereocenters. The fourth-order valence-electron chi connectivity index (χ4n) is 4.60. The van der Waals surface area contributed by atoms with Gasteiger partial charge in [-0.05, 0) is 61.1 Å². The lowest BCUT2D eigenvalue weighted by atomic mass is 10.0. The van der Waals surface area contributed by atoms with Crippen LogP contribution in [-0.4, -0.2) is 54.3 Å². The highest BCUT2D eigenvalue weighted by atomic mass is 35.5. The number of hydrogen-bond acceptors (Lipinski definition) is 3. The predicted molar refractivity (Wildman–Crippen MR) is 120 cm³/mol. The second-order valence-corrected chi connectivity index (χ2v) is 9.07. The number of fused-ring (bicyclic) bond motifs is 1. The van der Waals surface area contributed by atoms with Gasteiger partial charge in [0.25, 0.3) is 5.91 Å². The fourth-order valence-corrected chi connectivity index (χ4v) is 4.78. The Morgan fingerprint density at radius 1 is 1.10 bits per heavy atom. The summed E-state index contributed by atoms with van der Waals surface area (Å²) in [4.78, 5) is 29.3. The van der Waals surface area contributed by atoms with Crippen LogP contribution in [0, 0.1) is 31.5 Å². The van der Waals surface area contributed by atoms with Gasteiger partial charge in [-0.15, -0.1) is 0 Å². The molecule has 164 valence electrons. The van der Waals surface area contributed by atoms with E-state index in [4.69, 9.17) is 11.6 Å². The average Bonchev–Trinajstić information content (AvgIpc) is 3.30. The van der Waals surface area contributed by atoms with Gasteiger partial charge < -0.3 is 15.1 Å². The second-order valence-electron chi connectivity index (χ2n) is 8.66. The number of halogens is 2. The van der Waals surface area contributed by atoms with Gasteiger partial charge in [0.15, 0.2) is 0 Å². The standard InChI is InChI=1S/C24H27ClFN3O2/c1-15-6-7-19(10-21(15)25)27-23(30)8-9-28-11-17-13-29(14-18(17)12-28)24(31)20-4-3-5-22(26)16(20)2/h3-7,10,17-18H,8-9,11-14H2,1-2H3,(H,27,30). The second kappa shape index (κ2) is 8.97. The van der Waals surface area contributed by atoms with Crippen molar-refractivity contribution in [2.75, 3.05) is 38.0 Å². The number of carbonyl (C=O) groups excluding carboxylic acids is 2. The van der Waals surface area contributed by atoms with Crippen LogP contribution in [-0.2, 0) is 4.79 Å². The molecule has 0 aliphatic carbocycles. The van der Waals surface area contributed by atoms with Crippen LogP contribution in [0.15, 0.2) is 36.4 Å². The normalized spacial score (nSPS) is 20.7. The van der Waals surface area contributed by atoms with Gasteiger partial charge in [-0.25, -0.2) is 4.39 Å². The Labute approximate surface area is 187 Å². The lowest BCUT2D eigenvalue weighted by Crippen LogP contribution is -2.34. The lowest BCUT2D eigenvalue weighted by molar-refractivity contribution is -0.116. The molecule has 0 aromatic heterocycles. The molecule has 2 unspecified atom stereocenters. The molecule has 2 heterocycles. The largest absolute Gasteiger partial charge is 0.338 e. The molecular weight excluding hydrogens is 417 g/mol. The number of rotatable bonds is 5. The van der Waals surface area contributed by atoms with E-state index in [1.807, 2.05) is 24.0 Å². The number of nitrogens with zero attached hydrogens (tertiary/aromatic N) is 2. The third-order valence-corrected chi connectivity index (χ3v) is 6.87. The summed E-state index contributed by atoms with van der Waals surface area (Å²) in [5, 5.41) is 3.54. The van der Waals surface area contributed by atoms with Crippen molar-refractivity contribution in [3.8, 4) is 0 Å². The van der Waals surface area contributed by atoms with Crippen molar-refractivity contribution in [3.05, 3.63) is 63.9 Å². The maximum atomic E-state index is 13.8. The highest BCUT2D eigenvalue weighted by Gasteiger charge is 2.41. The first kappa shape index (κ1) is 21.8. The zero-order chi connectivity index (χ0) is 22.1. The fraction of sp³-hybridized carbons (Fsp3) is 0.417. The summed E-state index contributed by atoms with van der Waals surface area (Å²) in [5.41, 5.74) is 2.54. The Hall–Kier alpha value is -2.44. The van der Waals surface area contributed by atoms with E-state index in [2.05, 4.69) is 10.2 Å². The first-order valence-corrected chi connectivity index (χ1v) is 11.0. The number of carbonyl (C=O) groups is 2. The minimum Gasteiger partial charge on any atom is -0.338 e. The van der Waals surface area contributed by atoms with E-state index in [0.29, 0.717) is 59.7 Å². The van der Waals surface area contributed by atoms with Crippen LogP contribution in [0.25, 0.3) is 0 Å². The van der Waals surface area contributed by atoms with Crippen LogP contribution in [0.1, 0.15) is 27.9 Å². The maximum Gasteiger partial charge on any atom is 0.254 e. The number of likely N-dealkylation sites (tertiary alicyclic amines) is 2. The first-order chi connectivity index (χ1) is 14.8. The molecule has 0 saturated carbocycles. The lowest BCUT2D eigenvalue weighted by Gasteiger charge is -2.22. The van der Waals surface area contributed by atoms with Gasteiger partial charge in [-0.2, -0.15) is 0 Å². The molecule has 2 aliphatic rings. The summed E-state index contributed by atoms with van der Waals surface area (Å²) in [6, 6.07) is 10.2. The Morgan fingerprint density at radius 2 is 1.81 bits per heavy atom. The van der Waals surface area contributed by atoms with E-state index in [9.17, 15) is 14.0 Å². The molecule has 4 rings (SSSR count). The van der Waals surface area contributed by atoms with Crippen LogP contribution in [0.3, 0.4) is 0 Å². The summed E-state index contributed by atoms with van der Waals surface area (Å²) in [6.07, 6.45) is 0.413. The summed E-state index contributed by atoms with van der Waals surface area (Å²) >= 11 is 6.12. The Bertz CT molecular complexity index is 998.